The van der Waals surface area contributed by atoms with Gasteiger partial charge in [-0.1, -0.05) is 0 Å². The molecule has 0 spiro atoms. The first-order valence-corrected chi connectivity index (χ1v) is 8.00. The van der Waals surface area contributed by atoms with Crippen LogP contribution in [0.4, 0.5) is 5.82 Å². The molecular formula is C12H22N4O3S. The Hall–Kier alpha value is -1.12. The van der Waals surface area contributed by atoms with Crippen molar-refractivity contribution in [1.82, 2.24) is 14.1 Å². The molecule has 8 heteroatoms. The maximum Gasteiger partial charge on any atom is 0.248 e. The van der Waals surface area contributed by atoms with E-state index in [1.807, 2.05) is 6.92 Å². The molecule has 7 nitrogen and oxygen atoms in total. The van der Waals surface area contributed by atoms with Gasteiger partial charge in [0.25, 0.3) is 0 Å². The molecule has 1 saturated heterocycles. The van der Waals surface area contributed by atoms with E-state index in [1.54, 1.807) is 21.1 Å². The van der Waals surface area contributed by atoms with Crippen molar-refractivity contribution in [3.8, 4) is 0 Å². The van der Waals surface area contributed by atoms with Gasteiger partial charge in [0.05, 0.1) is 11.3 Å². The predicted molar refractivity (Wildman–Crippen MR) is 75.8 cm³/mol. The number of ether oxygens (including phenoxy) is 1. The number of piperidine rings is 1. The number of methoxy groups -OCH3 is 1. The Morgan fingerprint density at radius 2 is 2.10 bits per heavy atom. The van der Waals surface area contributed by atoms with Gasteiger partial charge in [-0.25, -0.2) is 8.42 Å². The van der Waals surface area contributed by atoms with E-state index in [2.05, 4.69) is 5.10 Å². The fourth-order valence-corrected chi connectivity index (χ4v) is 4.48. The summed E-state index contributed by atoms with van der Waals surface area (Å²) in [5, 5.41) is 3.99. The third-order valence-corrected chi connectivity index (χ3v) is 6.03. The number of hydrogen-bond donors (Lipinski definition) is 1. The molecule has 1 fully saturated rings. The molecule has 0 saturated carbocycles. The smallest absolute Gasteiger partial charge is 0.248 e. The second-order valence-corrected chi connectivity index (χ2v) is 7.39. The van der Waals surface area contributed by atoms with Crippen molar-refractivity contribution in [3.05, 3.63) is 5.69 Å². The van der Waals surface area contributed by atoms with E-state index in [9.17, 15) is 8.42 Å². The van der Waals surface area contributed by atoms with Crippen LogP contribution in [0, 0.1) is 6.92 Å². The topological polar surface area (TPSA) is 90.4 Å². The van der Waals surface area contributed by atoms with Crippen LogP contribution >= 0.6 is 0 Å². The summed E-state index contributed by atoms with van der Waals surface area (Å²) in [6.07, 6.45) is 1.61. The van der Waals surface area contributed by atoms with Gasteiger partial charge in [0.2, 0.25) is 10.0 Å². The standard InChI is InChI=1S/C12H22N4O3S/c1-9-10(11(13)14-15(9)3)20(17,18)16-7-5-6-12(2,8-16)19-4/h5-8H2,1-4H3,(H2,13,14). The molecule has 1 aromatic rings. The highest BCUT2D eigenvalue weighted by Gasteiger charge is 2.39. The van der Waals surface area contributed by atoms with Crippen LogP contribution in [0.25, 0.3) is 0 Å². The van der Waals surface area contributed by atoms with E-state index in [-0.39, 0.29) is 10.7 Å². The molecule has 1 atom stereocenters. The molecule has 2 heterocycles. The van der Waals surface area contributed by atoms with Crippen LogP contribution in [0.15, 0.2) is 4.90 Å². The zero-order chi connectivity index (χ0) is 15.1. The van der Waals surface area contributed by atoms with Crippen molar-refractivity contribution in [2.75, 3.05) is 25.9 Å². The van der Waals surface area contributed by atoms with Gasteiger partial charge < -0.3 is 10.5 Å². The zero-order valence-electron chi connectivity index (χ0n) is 12.4. The van der Waals surface area contributed by atoms with Crippen molar-refractivity contribution in [2.45, 2.75) is 37.2 Å². The average Bonchev–Trinajstić information content (AvgIpc) is 2.63. The molecule has 20 heavy (non-hydrogen) atoms. The number of rotatable bonds is 3. The Bertz CT molecular complexity index is 610. The van der Waals surface area contributed by atoms with Gasteiger partial charge in [-0.2, -0.15) is 9.40 Å². The fourth-order valence-electron chi connectivity index (χ4n) is 2.59. The monoisotopic (exact) mass is 302 g/mol. The van der Waals surface area contributed by atoms with Crippen LogP contribution in [0.5, 0.6) is 0 Å². The summed E-state index contributed by atoms with van der Waals surface area (Å²) in [6.45, 7) is 4.44. The highest BCUT2D eigenvalue weighted by atomic mass is 32.2. The van der Waals surface area contributed by atoms with Gasteiger partial charge >= 0.3 is 0 Å². The number of hydrogen-bond acceptors (Lipinski definition) is 5. The Morgan fingerprint density at radius 3 is 2.60 bits per heavy atom. The van der Waals surface area contributed by atoms with Crippen LogP contribution in [0.1, 0.15) is 25.5 Å². The van der Waals surface area contributed by atoms with Crippen molar-refractivity contribution in [2.24, 2.45) is 7.05 Å². The number of nitrogens with zero attached hydrogens (tertiary/aromatic N) is 3. The number of anilines is 1. The lowest BCUT2D eigenvalue weighted by molar-refractivity contribution is -0.0319. The molecule has 114 valence electrons. The van der Waals surface area contributed by atoms with E-state index >= 15 is 0 Å². The summed E-state index contributed by atoms with van der Waals surface area (Å²) in [5.74, 6) is 0.0506. The van der Waals surface area contributed by atoms with Crippen molar-refractivity contribution >= 4 is 15.8 Å². The van der Waals surface area contributed by atoms with Crippen LogP contribution in [-0.2, 0) is 21.8 Å². The number of nitrogens with two attached hydrogens (primary N) is 1. The molecule has 0 amide bonds. The summed E-state index contributed by atoms with van der Waals surface area (Å²) < 4.78 is 33.9. The Morgan fingerprint density at radius 1 is 1.45 bits per heavy atom. The molecular weight excluding hydrogens is 280 g/mol. The molecule has 2 N–H and O–H groups in total. The molecule has 0 radical (unpaired) electrons. The van der Waals surface area contributed by atoms with E-state index in [1.165, 1.54) is 8.99 Å². The maximum absolute atomic E-state index is 12.8. The molecule has 1 unspecified atom stereocenters. The minimum absolute atomic E-state index is 0.0506. The molecule has 0 bridgehead atoms. The Kier molecular flexibility index (Phi) is 3.83. The number of nitrogen functional groups attached to an aromatic ring is 1. The predicted octanol–water partition coefficient (Wildman–Crippen LogP) is 0.500. The summed E-state index contributed by atoms with van der Waals surface area (Å²) in [6, 6.07) is 0. The summed E-state index contributed by atoms with van der Waals surface area (Å²) >= 11 is 0. The summed E-state index contributed by atoms with van der Waals surface area (Å²) in [7, 11) is -0.347. The lowest BCUT2D eigenvalue weighted by atomic mass is 9.96. The first kappa shape index (κ1) is 15.3. The Balaban J connectivity index is 2.40. The van der Waals surface area contributed by atoms with E-state index in [0.29, 0.717) is 18.8 Å². The van der Waals surface area contributed by atoms with E-state index in [0.717, 1.165) is 12.8 Å². The van der Waals surface area contributed by atoms with Crippen molar-refractivity contribution in [1.29, 1.82) is 0 Å². The summed E-state index contributed by atoms with van der Waals surface area (Å²) in [4.78, 5) is 0.111. The van der Waals surface area contributed by atoms with Crippen molar-refractivity contribution in [3.63, 3.8) is 0 Å². The first-order valence-electron chi connectivity index (χ1n) is 6.56. The average molecular weight is 302 g/mol. The molecule has 1 aromatic heterocycles. The van der Waals surface area contributed by atoms with Crippen LogP contribution in [0.2, 0.25) is 0 Å². The fraction of sp³-hybridized carbons (Fsp3) is 0.750. The summed E-state index contributed by atoms with van der Waals surface area (Å²) in [5.41, 5.74) is 5.87. The minimum Gasteiger partial charge on any atom is -0.381 e. The second-order valence-electron chi connectivity index (χ2n) is 5.52. The molecule has 1 aliphatic rings. The zero-order valence-corrected chi connectivity index (χ0v) is 13.2. The maximum atomic E-state index is 12.8. The molecule has 0 aliphatic carbocycles. The molecule has 1 aliphatic heterocycles. The number of sulfonamides is 1. The normalized spacial score (nSPS) is 25.0. The highest BCUT2D eigenvalue weighted by Crippen LogP contribution is 2.31. The van der Waals surface area contributed by atoms with Gasteiger partial charge in [0, 0.05) is 27.2 Å². The minimum atomic E-state index is -3.64. The quantitative estimate of drug-likeness (QED) is 0.878. The molecule has 0 aromatic carbocycles. The van der Waals surface area contributed by atoms with Gasteiger partial charge in [0.15, 0.2) is 5.82 Å². The SMILES string of the molecule is COC1(C)CCCN(S(=O)(=O)c2c(N)nn(C)c2C)C1. The van der Waals surface area contributed by atoms with Gasteiger partial charge in [-0.05, 0) is 26.7 Å². The van der Waals surface area contributed by atoms with Crippen LogP contribution in [0.3, 0.4) is 0 Å². The van der Waals surface area contributed by atoms with Crippen LogP contribution in [-0.4, -0.2) is 48.3 Å². The second kappa shape index (κ2) is 5.01. The molecule has 2 rings (SSSR count). The van der Waals surface area contributed by atoms with E-state index < -0.39 is 15.6 Å². The van der Waals surface area contributed by atoms with Crippen LogP contribution < -0.4 is 5.73 Å². The van der Waals surface area contributed by atoms with Crippen molar-refractivity contribution < 1.29 is 13.2 Å². The lowest BCUT2D eigenvalue weighted by Crippen LogP contribution is -2.49. The third-order valence-electron chi connectivity index (χ3n) is 4.02. The highest BCUT2D eigenvalue weighted by molar-refractivity contribution is 7.89. The number of aryl methyl sites for hydroxylation is 1. The van der Waals surface area contributed by atoms with Gasteiger partial charge in [0.1, 0.15) is 4.90 Å². The Labute approximate surface area is 119 Å². The van der Waals surface area contributed by atoms with Gasteiger partial charge in [-0.15, -0.1) is 0 Å². The largest absolute Gasteiger partial charge is 0.381 e. The third kappa shape index (κ3) is 2.43. The lowest BCUT2D eigenvalue weighted by Gasteiger charge is -2.38. The first-order chi connectivity index (χ1) is 9.21. The van der Waals surface area contributed by atoms with Gasteiger partial charge in [-0.3, -0.25) is 4.68 Å². The number of aromatic nitrogens is 2. The van der Waals surface area contributed by atoms with E-state index in [4.69, 9.17) is 10.5 Å².